The molecule has 1 N–H and O–H groups in total. The fraction of sp³-hybridized carbons (Fsp3) is 0.381. The van der Waals surface area contributed by atoms with Crippen LogP contribution in [-0.2, 0) is 4.74 Å². The summed E-state index contributed by atoms with van der Waals surface area (Å²) >= 11 is 0. The number of phenols is 1. The summed E-state index contributed by atoms with van der Waals surface area (Å²) in [6.45, 7) is 7.10. The lowest BCUT2D eigenvalue weighted by atomic mass is 9.87. The topological polar surface area (TPSA) is 49.8 Å². The van der Waals surface area contributed by atoms with E-state index in [2.05, 4.69) is 20.8 Å². The summed E-state index contributed by atoms with van der Waals surface area (Å²) in [6, 6.07) is 13.5. The van der Waals surface area contributed by atoms with E-state index in [0.29, 0.717) is 13.1 Å². The Labute approximate surface area is 153 Å². The van der Waals surface area contributed by atoms with Crippen molar-refractivity contribution in [3.05, 3.63) is 65.5 Å². The SMILES string of the molecule is CC(C)(C)[C@H]1CN(C(=O)c2ccc(F)c(O)c2)C[C@@H](c2ccccc2)O1. The van der Waals surface area contributed by atoms with Crippen LogP contribution in [-0.4, -0.2) is 35.1 Å². The van der Waals surface area contributed by atoms with Gasteiger partial charge in [0.15, 0.2) is 11.6 Å². The second-order valence-corrected chi connectivity index (χ2v) is 7.77. The number of halogens is 1. The Balaban J connectivity index is 1.89. The standard InChI is InChI=1S/C21H24FNO3/c1-21(2,3)19-13-23(12-18(26-19)14-7-5-4-6-8-14)20(25)15-9-10-16(22)17(24)11-15/h4-11,18-19,24H,12-13H2,1-3H3/t18-,19+/m0/s1. The highest BCUT2D eigenvalue weighted by Crippen LogP contribution is 2.34. The van der Waals surface area contributed by atoms with Crippen molar-refractivity contribution >= 4 is 5.91 Å². The molecule has 138 valence electrons. The number of ether oxygens (including phenoxy) is 1. The Kier molecular flexibility index (Phi) is 5.01. The number of amides is 1. The summed E-state index contributed by atoms with van der Waals surface area (Å²) in [5.74, 6) is -1.49. The van der Waals surface area contributed by atoms with Crippen molar-refractivity contribution in [1.82, 2.24) is 4.90 Å². The van der Waals surface area contributed by atoms with Crippen molar-refractivity contribution in [2.45, 2.75) is 33.0 Å². The molecule has 1 amide bonds. The van der Waals surface area contributed by atoms with Crippen LogP contribution in [0.5, 0.6) is 5.75 Å². The van der Waals surface area contributed by atoms with Crippen LogP contribution in [0.25, 0.3) is 0 Å². The van der Waals surface area contributed by atoms with Gasteiger partial charge in [0.05, 0.1) is 12.6 Å². The molecule has 1 saturated heterocycles. The molecule has 0 unspecified atom stereocenters. The quantitative estimate of drug-likeness (QED) is 0.878. The van der Waals surface area contributed by atoms with Gasteiger partial charge < -0.3 is 14.7 Å². The molecule has 2 aromatic rings. The maximum atomic E-state index is 13.3. The van der Waals surface area contributed by atoms with Gasteiger partial charge in [-0.3, -0.25) is 4.79 Å². The molecule has 5 heteroatoms. The molecule has 1 fully saturated rings. The maximum absolute atomic E-state index is 13.3. The summed E-state index contributed by atoms with van der Waals surface area (Å²) in [4.78, 5) is 14.7. The number of morpholine rings is 1. The van der Waals surface area contributed by atoms with E-state index in [1.165, 1.54) is 12.1 Å². The average Bonchev–Trinajstić information content (AvgIpc) is 2.63. The highest BCUT2D eigenvalue weighted by atomic mass is 19.1. The molecule has 0 aromatic heterocycles. The van der Waals surface area contributed by atoms with E-state index in [0.717, 1.165) is 11.6 Å². The second kappa shape index (κ2) is 7.08. The first-order chi connectivity index (χ1) is 12.3. The molecule has 0 saturated carbocycles. The van der Waals surface area contributed by atoms with E-state index in [-0.39, 0.29) is 29.1 Å². The molecule has 3 rings (SSSR count). The zero-order valence-electron chi connectivity index (χ0n) is 15.3. The molecule has 1 aliphatic rings. The molecule has 4 nitrogen and oxygen atoms in total. The fourth-order valence-corrected chi connectivity index (χ4v) is 3.08. The monoisotopic (exact) mass is 357 g/mol. The predicted octanol–water partition coefficient (Wildman–Crippen LogP) is 4.16. The first-order valence-electron chi connectivity index (χ1n) is 8.74. The number of hydrogen-bond donors (Lipinski definition) is 1. The van der Waals surface area contributed by atoms with Crippen LogP contribution >= 0.6 is 0 Å². The number of carbonyl (C=O) groups is 1. The third-order valence-corrected chi connectivity index (χ3v) is 4.72. The van der Waals surface area contributed by atoms with Crippen molar-refractivity contribution in [2.75, 3.05) is 13.1 Å². The predicted molar refractivity (Wildman–Crippen MR) is 97.5 cm³/mol. The van der Waals surface area contributed by atoms with Crippen LogP contribution in [0.3, 0.4) is 0 Å². The van der Waals surface area contributed by atoms with Crippen molar-refractivity contribution in [3.8, 4) is 5.75 Å². The minimum absolute atomic E-state index is 0.139. The summed E-state index contributed by atoms with van der Waals surface area (Å²) in [5, 5.41) is 9.59. The van der Waals surface area contributed by atoms with Crippen molar-refractivity contribution in [1.29, 1.82) is 0 Å². The molecule has 2 atom stereocenters. The van der Waals surface area contributed by atoms with E-state index in [1.54, 1.807) is 4.90 Å². The Morgan fingerprint density at radius 3 is 2.46 bits per heavy atom. The average molecular weight is 357 g/mol. The molecule has 0 radical (unpaired) electrons. The number of aromatic hydroxyl groups is 1. The van der Waals surface area contributed by atoms with E-state index >= 15 is 0 Å². The Bertz CT molecular complexity index is 786. The lowest BCUT2D eigenvalue weighted by Gasteiger charge is -2.43. The van der Waals surface area contributed by atoms with E-state index in [1.807, 2.05) is 30.3 Å². The molecular weight excluding hydrogens is 333 g/mol. The van der Waals surface area contributed by atoms with Gasteiger partial charge in [0.2, 0.25) is 0 Å². The smallest absolute Gasteiger partial charge is 0.254 e. The maximum Gasteiger partial charge on any atom is 0.254 e. The van der Waals surface area contributed by atoms with Gasteiger partial charge in [-0.05, 0) is 29.2 Å². The number of carbonyl (C=O) groups excluding carboxylic acids is 1. The Morgan fingerprint density at radius 1 is 1.15 bits per heavy atom. The van der Waals surface area contributed by atoms with Gasteiger partial charge >= 0.3 is 0 Å². The minimum Gasteiger partial charge on any atom is -0.505 e. The minimum atomic E-state index is -0.738. The van der Waals surface area contributed by atoms with Crippen molar-refractivity contribution in [2.24, 2.45) is 5.41 Å². The largest absolute Gasteiger partial charge is 0.505 e. The Hall–Kier alpha value is -2.40. The van der Waals surface area contributed by atoms with Gasteiger partial charge in [0.25, 0.3) is 5.91 Å². The van der Waals surface area contributed by atoms with Crippen LogP contribution in [0.15, 0.2) is 48.5 Å². The zero-order chi connectivity index (χ0) is 18.9. The van der Waals surface area contributed by atoms with Crippen LogP contribution in [0.4, 0.5) is 4.39 Å². The fourth-order valence-electron chi connectivity index (χ4n) is 3.08. The Morgan fingerprint density at radius 2 is 1.85 bits per heavy atom. The molecule has 0 bridgehead atoms. The summed E-state index contributed by atoms with van der Waals surface area (Å²) in [6.07, 6.45) is -0.369. The number of hydrogen-bond acceptors (Lipinski definition) is 3. The van der Waals surface area contributed by atoms with Gasteiger partial charge in [0.1, 0.15) is 6.10 Å². The highest BCUT2D eigenvalue weighted by molar-refractivity contribution is 5.94. The molecule has 0 aliphatic carbocycles. The lowest BCUT2D eigenvalue weighted by molar-refractivity contribution is -0.119. The molecule has 1 heterocycles. The zero-order valence-corrected chi connectivity index (χ0v) is 15.3. The van der Waals surface area contributed by atoms with Gasteiger partial charge in [-0.25, -0.2) is 4.39 Å². The first kappa shape index (κ1) is 18.4. The molecule has 1 aliphatic heterocycles. The second-order valence-electron chi connectivity index (χ2n) is 7.77. The summed E-state index contributed by atoms with van der Waals surface area (Å²) in [7, 11) is 0. The van der Waals surface area contributed by atoms with E-state index in [9.17, 15) is 14.3 Å². The number of nitrogens with zero attached hydrogens (tertiary/aromatic N) is 1. The number of rotatable bonds is 2. The molecular formula is C21H24FNO3. The third-order valence-electron chi connectivity index (χ3n) is 4.72. The van der Waals surface area contributed by atoms with Gasteiger partial charge in [-0.15, -0.1) is 0 Å². The van der Waals surface area contributed by atoms with Gasteiger partial charge in [-0.2, -0.15) is 0 Å². The van der Waals surface area contributed by atoms with E-state index < -0.39 is 11.6 Å². The van der Waals surface area contributed by atoms with Crippen molar-refractivity contribution in [3.63, 3.8) is 0 Å². The van der Waals surface area contributed by atoms with Crippen molar-refractivity contribution < 1.29 is 19.0 Å². The molecule has 0 spiro atoms. The van der Waals surface area contributed by atoms with Gasteiger partial charge in [-0.1, -0.05) is 51.1 Å². The normalized spacial score (nSPS) is 20.8. The number of benzene rings is 2. The first-order valence-corrected chi connectivity index (χ1v) is 8.74. The summed E-state index contributed by atoms with van der Waals surface area (Å²) < 4.78 is 19.6. The van der Waals surface area contributed by atoms with Gasteiger partial charge in [0, 0.05) is 12.1 Å². The third kappa shape index (κ3) is 3.88. The molecule has 26 heavy (non-hydrogen) atoms. The number of phenolic OH excluding ortho intramolecular Hbond substituents is 1. The highest BCUT2D eigenvalue weighted by Gasteiger charge is 2.37. The van der Waals surface area contributed by atoms with Crippen LogP contribution in [0.1, 0.15) is 42.8 Å². The molecule has 2 aromatic carbocycles. The van der Waals surface area contributed by atoms with Crippen LogP contribution in [0, 0.1) is 11.2 Å². The van der Waals surface area contributed by atoms with Crippen LogP contribution in [0.2, 0.25) is 0 Å². The lowest BCUT2D eigenvalue weighted by Crippen LogP contribution is -2.51. The van der Waals surface area contributed by atoms with Crippen LogP contribution < -0.4 is 0 Å². The van der Waals surface area contributed by atoms with E-state index in [4.69, 9.17) is 4.74 Å². The summed E-state index contributed by atoms with van der Waals surface area (Å²) in [5.41, 5.74) is 1.14.